The molecule has 1 heterocycles. The summed E-state index contributed by atoms with van der Waals surface area (Å²) in [6, 6.07) is -0.446. The lowest BCUT2D eigenvalue weighted by Crippen LogP contribution is -2.45. The first-order chi connectivity index (χ1) is 20.3. The largest absolute Gasteiger partial charge is 0.507 e. The van der Waals surface area contributed by atoms with Gasteiger partial charge in [0.25, 0.3) is 0 Å². The number of phenols is 1. The molecule has 2 heteroatoms. The molecule has 1 N–H and O–H groups in total. The van der Waals surface area contributed by atoms with Gasteiger partial charge in [-0.3, -0.25) is 0 Å². The van der Waals surface area contributed by atoms with E-state index in [1.165, 1.54) is 0 Å². The first kappa shape index (κ1) is 4.03. The molecule has 0 saturated heterocycles. The molecule has 2 aliphatic rings. The highest BCUT2D eigenvalue weighted by atomic mass is 16.5. The van der Waals surface area contributed by atoms with Gasteiger partial charge in [0.2, 0.25) is 0 Å². The third-order valence-corrected chi connectivity index (χ3v) is 3.45. The minimum absolute atomic E-state index is 0.353. The average molecular weight is 339 g/mol. The molecule has 126 valence electrons. The molecule has 1 aliphatic heterocycles. The van der Waals surface area contributed by atoms with Crippen LogP contribution in [0.1, 0.15) is 109 Å². The summed E-state index contributed by atoms with van der Waals surface area (Å²) in [5.74, 6) is -8.64. The van der Waals surface area contributed by atoms with Crippen LogP contribution < -0.4 is 4.74 Å². The van der Waals surface area contributed by atoms with Crippen LogP contribution >= 0.6 is 0 Å². The molecule has 23 heavy (non-hydrogen) atoms. The highest BCUT2D eigenvalue weighted by molar-refractivity contribution is 5.53. The smallest absolute Gasteiger partial charge is 0.127 e. The molecule has 0 radical (unpaired) electrons. The van der Waals surface area contributed by atoms with Crippen LogP contribution in [0.3, 0.4) is 0 Å². The van der Waals surface area contributed by atoms with Crippen LogP contribution in [-0.4, -0.2) is 10.7 Å². The van der Waals surface area contributed by atoms with Gasteiger partial charge >= 0.3 is 0 Å². The number of aromatic hydroxyl groups is 1. The Morgan fingerprint density at radius 3 is 3.22 bits per heavy atom. The number of fused-ring (bicyclic) bond motifs is 3. The molecule has 0 fully saturated rings. The Morgan fingerprint density at radius 2 is 2.43 bits per heavy atom. The van der Waals surface area contributed by atoms with Gasteiger partial charge in [0, 0.05) is 48.9 Å². The Bertz CT molecular complexity index is 1440. The van der Waals surface area contributed by atoms with E-state index in [4.69, 9.17) is 36.3 Å². The molecular formula is C21H30O2. The Labute approximate surface area is 174 Å². The van der Waals surface area contributed by atoms with Crippen LogP contribution in [-0.2, 0) is 6.37 Å². The van der Waals surface area contributed by atoms with Crippen molar-refractivity contribution >= 4 is 0 Å². The van der Waals surface area contributed by atoms with Gasteiger partial charge in [0.1, 0.15) is 17.1 Å². The highest BCUT2D eigenvalue weighted by Crippen LogP contribution is 2.53. The second-order valence-electron chi connectivity index (χ2n) is 5.01. The number of phenolic OH excluding ortho intramolecular Hbond substituents is 1. The molecule has 0 spiro atoms. The topological polar surface area (TPSA) is 29.5 Å². The third-order valence-electron chi connectivity index (χ3n) is 3.45. The predicted molar refractivity (Wildman–Crippen MR) is 95.3 cm³/mol. The second kappa shape index (κ2) is 6.22. The SMILES string of the molecule is [2H]C1=C(C([2H])([2H])[2H])CC([2H])([2H])[C@]2([2H])[C@@H]1c1c(O)cc(C([2H])([2H])C([2H])([2H])C([2H])([2H])C([2H])([2H])C([2H])([2H])[2H])cc1OC2(C([2H])([2H])[2H])C([2H])([2H])[2H]. The molecule has 0 bridgehead atoms. The van der Waals surface area contributed by atoms with Crippen LogP contribution in [0, 0.1) is 5.89 Å². The Morgan fingerprint density at radius 1 is 1.52 bits per heavy atom. The van der Waals surface area contributed by atoms with Gasteiger partial charge < -0.3 is 9.84 Å². The van der Waals surface area contributed by atoms with E-state index in [1.54, 1.807) is 0 Å². The minimum Gasteiger partial charge on any atom is -0.507 e. The van der Waals surface area contributed by atoms with Crippen molar-refractivity contribution in [2.75, 3.05) is 0 Å². The van der Waals surface area contributed by atoms with Gasteiger partial charge in [0.15, 0.2) is 0 Å². The van der Waals surface area contributed by atoms with Crippen molar-refractivity contribution in [3.8, 4) is 11.5 Å². The molecule has 0 saturated carbocycles. The van der Waals surface area contributed by atoms with E-state index in [2.05, 4.69) is 0 Å². The number of benzene rings is 1. The quantitative estimate of drug-likeness (QED) is 0.710. The van der Waals surface area contributed by atoms with E-state index >= 15 is 0 Å². The zero-order valence-corrected chi connectivity index (χ0v) is 11.8. The van der Waals surface area contributed by atoms with Crippen LogP contribution in [0.15, 0.2) is 23.8 Å². The van der Waals surface area contributed by atoms with Gasteiger partial charge in [-0.2, -0.15) is 0 Å². The van der Waals surface area contributed by atoms with Crippen molar-refractivity contribution in [2.45, 2.75) is 77.2 Å². The first-order valence-corrected chi connectivity index (χ1v) is 6.61. The molecule has 1 aromatic carbocycles. The molecule has 0 aromatic heterocycles. The van der Waals surface area contributed by atoms with Gasteiger partial charge in [-0.25, -0.2) is 0 Å². The summed E-state index contributed by atoms with van der Waals surface area (Å²) in [5.41, 5.74) is -7.05. The maximum absolute atomic E-state index is 11.2. The fourth-order valence-electron chi connectivity index (χ4n) is 2.54. The zero-order chi connectivity index (χ0) is 37.4. The molecule has 1 aliphatic carbocycles. The Kier molecular flexibility index (Phi) is 1.09. The Balaban J connectivity index is 2.55. The van der Waals surface area contributed by atoms with E-state index in [0.29, 0.717) is 12.1 Å². The lowest BCUT2D eigenvalue weighted by molar-refractivity contribution is 0.0107. The number of rotatable bonds is 4. The van der Waals surface area contributed by atoms with E-state index in [9.17, 15) is 6.48 Å². The fraction of sp³-hybridized carbons (Fsp3) is 0.619. The summed E-state index contributed by atoms with van der Waals surface area (Å²) in [5, 5.41) is 11.2. The van der Waals surface area contributed by atoms with Crippen molar-refractivity contribution in [1.82, 2.24) is 0 Å². The van der Waals surface area contributed by atoms with Crippen LogP contribution in [0.4, 0.5) is 0 Å². The molecule has 3 rings (SSSR count). The molecule has 0 amide bonds. The summed E-state index contributed by atoms with van der Waals surface area (Å²) in [4.78, 5) is 0. The monoisotopic (exact) mass is 338 g/mol. The van der Waals surface area contributed by atoms with Crippen molar-refractivity contribution in [1.29, 1.82) is 0 Å². The summed E-state index contributed by atoms with van der Waals surface area (Å²) in [7, 11) is 0. The maximum atomic E-state index is 11.2. The lowest BCUT2D eigenvalue weighted by Gasteiger charge is -2.46. The summed E-state index contributed by atoms with van der Waals surface area (Å²) in [6.07, 6.45) is -21.0. The normalized spacial score (nSPS) is 51.0. The van der Waals surface area contributed by atoms with E-state index in [-0.39, 0.29) is 0 Å². The number of aryl methyl sites for hydroxylation is 1. The molecule has 1 aromatic rings. The number of hydrogen-bond donors (Lipinski definition) is 1. The maximum Gasteiger partial charge on any atom is 0.127 e. The van der Waals surface area contributed by atoms with Crippen LogP contribution in [0.25, 0.3) is 0 Å². The standard InChI is InChI=1S/C21H30O2/c1-5-6-7-8-15-12-18(22)20-16-11-14(2)9-10-17(16)21(3,4)23-19(20)13-15/h11-13,16-17,22H,5-10H2,1-4H3/t16-,17-/m1/s1/i1D3,2D3,3D3,4D3,5D2,6D2,7D2,8D2,10D2,11D,17D. The van der Waals surface area contributed by atoms with Crippen LogP contribution in [0.2, 0.25) is 0 Å². The van der Waals surface area contributed by atoms with E-state index in [0.717, 1.165) is 0 Å². The average Bonchev–Trinajstić information content (AvgIpc) is 2.82. The number of hydrogen-bond acceptors (Lipinski definition) is 2. The van der Waals surface area contributed by atoms with Gasteiger partial charge in [-0.05, 0) is 63.8 Å². The van der Waals surface area contributed by atoms with E-state index in [1.807, 2.05) is 0 Å². The van der Waals surface area contributed by atoms with Gasteiger partial charge in [-0.1, -0.05) is 31.2 Å². The molecular weight excluding hydrogens is 284 g/mol. The highest BCUT2D eigenvalue weighted by Gasteiger charge is 2.45. The number of allylic oxidation sites excluding steroid dienone is 2. The molecule has 0 unspecified atom stereocenters. The molecule has 2 nitrogen and oxygen atoms in total. The van der Waals surface area contributed by atoms with Crippen LogP contribution in [0.5, 0.6) is 11.5 Å². The van der Waals surface area contributed by atoms with Gasteiger partial charge in [0.05, 0.1) is 1.37 Å². The summed E-state index contributed by atoms with van der Waals surface area (Å²) in [6.45, 7) is -15.1. The predicted octanol–water partition coefficient (Wildman–Crippen LogP) is 5.74. The zero-order valence-electron chi connectivity index (χ0n) is 35.8. The fourth-order valence-corrected chi connectivity index (χ4v) is 2.54. The second-order valence-corrected chi connectivity index (χ2v) is 5.01. The first-order valence-electron chi connectivity index (χ1n) is 18.6. The van der Waals surface area contributed by atoms with Gasteiger partial charge in [-0.15, -0.1) is 0 Å². The van der Waals surface area contributed by atoms with Crippen molar-refractivity contribution in [3.05, 3.63) is 34.9 Å². The van der Waals surface area contributed by atoms with Crippen molar-refractivity contribution in [2.24, 2.45) is 5.89 Å². The lowest BCUT2D eigenvalue weighted by atomic mass is 9.68. The minimum atomic E-state index is -4.18. The Hall–Kier alpha value is -1.44. The number of ether oxygens (including phenoxy) is 1. The molecule has 2 atom stereocenters. The van der Waals surface area contributed by atoms with Crippen molar-refractivity contribution < 1.29 is 42.7 Å². The summed E-state index contributed by atoms with van der Waals surface area (Å²) < 4.78 is 201. The van der Waals surface area contributed by atoms with Crippen molar-refractivity contribution in [3.63, 3.8) is 0 Å². The summed E-state index contributed by atoms with van der Waals surface area (Å²) >= 11 is 0. The third kappa shape index (κ3) is 3.13. The van der Waals surface area contributed by atoms with E-state index < -0.39 is 117 Å².